The smallest absolute Gasteiger partial charge is 0.407 e. The van der Waals surface area contributed by atoms with E-state index in [9.17, 15) is 4.79 Å². The van der Waals surface area contributed by atoms with Crippen molar-refractivity contribution in [3.8, 4) is 0 Å². The molecule has 1 amide bonds. The molecular weight excluding hydrogens is 272 g/mol. The van der Waals surface area contributed by atoms with Crippen LogP contribution >= 0.6 is 11.8 Å². The van der Waals surface area contributed by atoms with Gasteiger partial charge in [0.1, 0.15) is 5.60 Å². The molecule has 0 aromatic heterocycles. The van der Waals surface area contributed by atoms with Gasteiger partial charge in [-0.3, -0.25) is 0 Å². The molecule has 1 aromatic rings. The number of rotatable bonds is 5. The number of nitrogens with one attached hydrogen (secondary N) is 1. The third kappa shape index (κ3) is 5.84. The molecule has 112 valence electrons. The molecule has 0 spiro atoms. The largest absolute Gasteiger partial charge is 0.444 e. The lowest BCUT2D eigenvalue weighted by Gasteiger charge is -2.21. The molecule has 1 rings (SSSR count). The average molecular weight is 296 g/mol. The summed E-state index contributed by atoms with van der Waals surface area (Å²) in [4.78, 5) is 12.8. The summed E-state index contributed by atoms with van der Waals surface area (Å²) in [6, 6.07) is 8.22. The van der Waals surface area contributed by atoms with Gasteiger partial charge in [0.05, 0.1) is 0 Å². The van der Waals surface area contributed by atoms with Gasteiger partial charge in [-0.1, -0.05) is 12.1 Å². The molecule has 3 N–H and O–H groups in total. The van der Waals surface area contributed by atoms with Crippen LogP contribution in [0.1, 0.15) is 32.3 Å². The molecule has 20 heavy (non-hydrogen) atoms. The van der Waals surface area contributed by atoms with Crippen LogP contribution in [0.2, 0.25) is 0 Å². The van der Waals surface area contributed by atoms with Crippen LogP contribution in [0.3, 0.4) is 0 Å². The van der Waals surface area contributed by atoms with Crippen LogP contribution in [0.5, 0.6) is 0 Å². The van der Waals surface area contributed by atoms with Crippen LogP contribution in [-0.2, 0) is 4.74 Å². The Kier molecular flexibility index (Phi) is 6.36. The van der Waals surface area contributed by atoms with E-state index in [0.717, 1.165) is 5.56 Å². The van der Waals surface area contributed by atoms with Gasteiger partial charge in [-0.15, -0.1) is 11.8 Å². The van der Waals surface area contributed by atoms with Gasteiger partial charge in [-0.2, -0.15) is 0 Å². The van der Waals surface area contributed by atoms with Crippen molar-refractivity contribution in [1.29, 1.82) is 0 Å². The highest BCUT2D eigenvalue weighted by molar-refractivity contribution is 7.98. The number of benzene rings is 1. The lowest BCUT2D eigenvalue weighted by atomic mass is 9.99. The molecule has 0 bridgehead atoms. The first-order chi connectivity index (χ1) is 9.35. The monoisotopic (exact) mass is 296 g/mol. The number of amides is 1. The fraction of sp³-hybridized carbons (Fsp3) is 0.533. The Morgan fingerprint density at radius 3 is 2.70 bits per heavy atom. The second-order valence-electron chi connectivity index (χ2n) is 5.59. The summed E-state index contributed by atoms with van der Waals surface area (Å²) in [6.07, 6.45) is 1.63. The van der Waals surface area contributed by atoms with E-state index in [2.05, 4.69) is 17.4 Å². The zero-order valence-corrected chi connectivity index (χ0v) is 13.4. The zero-order valence-electron chi connectivity index (χ0n) is 12.6. The standard InChI is InChI=1S/C15H24N2O2S/c1-15(2,3)19-14(18)17-10-12(9-16)11-6-5-7-13(8-11)20-4/h5-8,12H,9-10,16H2,1-4H3,(H,17,18). The molecule has 0 aliphatic heterocycles. The van der Waals surface area contributed by atoms with Crippen LogP contribution in [-0.4, -0.2) is 31.0 Å². The van der Waals surface area contributed by atoms with Gasteiger partial charge in [0.25, 0.3) is 0 Å². The Morgan fingerprint density at radius 1 is 1.45 bits per heavy atom. The number of alkyl carbamates (subject to hydrolysis) is 1. The summed E-state index contributed by atoms with van der Waals surface area (Å²) in [5.74, 6) is 0.0922. The third-order valence-corrected chi connectivity index (χ3v) is 3.47. The van der Waals surface area contributed by atoms with Crippen LogP contribution < -0.4 is 11.1 Å². The summed E-state index contributed by atoms with van der Waals surface area (Å²) in [5, 5.41) is 2.78. The van der Waals surface area contributed by atoms with E-state index < -0.39 is 11.7 Å². The first kappa shape index (κ1) is 16.9. The molecule has 0 fully saturated rings. The molecule has 0 aliphatic rings. The van der Waals surface area contributed by atoms with Gasteiger partial charge in [0.15, 0.2) is 0 Å². The number of hydrogen-bond donors (Lipinski definition) is 2. The average Bonchev–Trinajstić information content (AvgIpc) is 2.37. The molecule has 1 aromatic carbocycles. The first-order valence-corrected chi connectivity index (χ1v) is 7.89. The molecule has 0 saturated heterocycles. The first-order valence-electron chi connectivity index (χ1n) is 6.66. The van der Waals surface area contributed by atoms with Gasteiger partial charge in [-0.25, -0.2) is 4.79 Å². The maximum Gasteiger partial charge on any atom is 0.407 e. The molecule has 0 saturated carbocycles. The second-order valence-corrected chi connectivity index (χ2v) is 6.47. The normalized spacial score (nSPS) is 12.8. The highest BCUT2D eigenvalue weighted by Crippen LogP contribution is 2.21. The highest BCUT2D eigenvalue weighted by Gasteiger charge is 2.17. The summed E-state index contributed by atoms with van der Waals surface area (Å²) < 4.78 is 5.22. The van der Waals surface area contributed by atoms with Crippen molar-refractivity contribution in [2.75, 3.05) is 19.3 Å². The molecule has 5 heteroatoms. The van der Waals surface area contributed by atoms with E-state index in [1.165, 1.54) is 4.90 Å². The van der Waals surface area contributed by atoms with Crippen molar-refractivity contribution >= 4 is 17.9 Å². The molecule has 0 radical (unpaired) electrons. The summed E-state index contributed by atoms with van der Waals surface area (Å²) in [7, 11) is 0. The molecular formula is C15H24N2O2S. The van der Waals surface area contributed by atoms with Crippen molar-refractivity contribution in [3.05, 3.63) is 29.8 Å². The molecule has 0 aliphatic carbocycles. The Labute approximate surface area is 125 Å². The minimum Gasteiger partial charge on any atom is -0.444 e. The fourth-order valence-corrected chi connectivity index (χ4v) is 2.22. The van der Waals surface area contributed by atoms with Crippen molar-refractivity contribution < 1.29 is 9.53 Å². The highest BCUT2D eigenvalue weighted by atomic mass is 32.2. The fourth-order valence-electron chi connectivity index (χ4n) is 1.75. The minimum atomic E-state index is -0.485. The molecule has 0 heterocycles. The number of hydrogen-bond acceptors (Lipinski definition) is 4. The number of ether oxygens (including phenoxy) is 1. The van der Waals surface area contributed by atoms with E-state index in [1.54, 1.807) is 11.8 Å². The minimum absolute atomic E-state index is 0.0922. The third-order valence-electron chi connectivity index (χ3n) is 2.74. The number of carbonyl (C=O) groups excluding carboxylic acids is 1. The van der Waals surface area contributed by atoms with Gasteiger partial charge in [0.2, 0.25) is 0 Å². The lowest BCUT2D eigenvalue weighted by Crippen LogP contribution is -2.36. The Morgan fingerprint density at radius 2 is 2.15 bits per heavy atom. The molecule has 1 unspecified atom stereocenters. The quantitative estimate of drug-likeness (QED) is 0.820. The maximum atomic E-state index is 11.7. The predicted molar refractivity (Wildman–Crippen MR) is 84.3 cm³/mol. The number of carbonyl (C=O) groups is 1. The van der Waals surface area contributed by atoms with Crippen LogP contribution in [0.4, 0.5) is 4.79 Å². The van der Waals surface area contributed by atoms with E-state index in [4.69, 9.17) is 10.5 Å². The van der Waals surface area contributed by atoms with E-state index in [-0.39, 0.29) is 5.92 Å². The van der Waals surface area contributed by atoms with Gasteiger partial charge >= 0.3 is 6.09 Å². The Balaban J connectivity index is 2.61. The van der Waals surface area contributed by atoms with Gasteiger partial charge < -0.3 is 15.8 Å². The van der Waals surface area contributed by atoms with Crippen LogP contribution in [0.15, 0.2) is 29.2 Å². The Hall–Kier alpha value is -1.20. The number of nitrogens with two attached hydrogens (primary N) is 1. The summed E-state index contributed by atoms with van der Waals surface area (Å²) in [5.41, 5.74) is 6.46. The van der Waals surface area contributed by atoms with Crippen molar-refractivity contribution in [2.45, 2.75) is 37.2 Å². The maximum absolute atomic E-state index is 11.7. The van der Waals surface area contributed by atoms with E-state index in [0.29, 0.717) is 13.1 Å². The zero-order chi connectivity index (χ0) is 15.2. The van der Waals surface area contributed by atoms with Crippen LogP contribution in [0.25, 0.3) is 0 Å². The van der Waals surface area contributed by atoms with Crippen molar-refractivity contribution in [3.63, 3.8) is 0 Å². The van der Waals surface area contributed by atoms with Crippen molar-refractivity contribution in [1.82, 2.24) is 5.32 Å². The van der Waals surface area contributed by atoms with Gasteiger partial charge in [0, 0.05) is 23.9 Å². The molecule has 4 nitrogen and oxygen atoms in total. The SMILES string of the molecule is CSc1cccc(C(CN)CNC(=O)OC(C)(C)C)c1. The van der Waals surface area contributed by atoms with E-state index >= 15 is 0 Å². The Bertz CT molecular complexity index is 444. The predicted octanol–water partition coefficient (Wildman–Crippen LogP) is 2.98. The summed E-state index contributed by atoms with van der Waals surface area (Å²) in [6.45, 7) is 6.48. The topological polar surface area (TPSA) is 64.3 Å². The second kappa shape index (κ2) is 7.55. The number of thioether (sulfide) groups is 1. The molecule has 1 atom stereocenters. The van der Waals surface area contributed by atoms with Gasteiger partial charge in [-0.05, 0) is 44.7 Å². The van der Waals surface area contributed by atoms with Crippen molar-refractivity contribution in [2.24, 2.45) is 5.73 Å². The van der Waals surface area contributed by atoms with E-state index in [1.807, 2.05) is 39.2 Å². The lowest BCUT2D eigenvalue weighted by molar-refractivity contribution is 0.0525. The van der Waals surface area contributed by atoms with Crippen LogP contribution in [0, 0.1) is 0 Å². The summed E-state index contributed by atoms with van der Waals surface area (Å²) >= 11 is 1.69.